The van der Waals surface area contributed by atoms with E-state index in [2.05, 4.69) is 55.9 Å². The van der Waals surface area contributed by atoms with Crippen LogP contribution in [0.25, 0.3) is 0 Å². The Balaban J connectivity index is 1.27. The van der Waals surface area contributed by atoms with Gasteiger partial charge in [-0.3, -0.25) is 9.59 Å². The van der Waals surface area contributed by atoms with E-state index in [0.717, 1.165) is 30.6 Å². The molecule has 38 heavy (non-hydrogen) atoms. The molecule has 0 bridgehead atoms. The topological polar surface area (TPSA) is 109 Å². The van der Waals surface area contributed by atoms with E-state index in [1.54, 1.807) is 0 Å². The summed E-state index contributed by atoms with van der Waals surface area (Å²) >= 11 is 1.91. The predicted molar refractivity (Wildman–Crippen MR) is 153 cm³/mol. The first-order valence-electron chi connectivity index (χ1n) is 13.7. The van der Waals surface area contributed by atoms with Crippen molar-refractivity contribution < 1.29 is 19.1 Å². The number of thioether (sulfide) groups is 1. The quantitative estimate of drug-likeness (QED) is 0.208. The van der Waals surface area contributed by atoms with E-state index in [-0.39, 0.29) is 40.3 Å². The van der Waals surface area contributed by atoms with Crippen LogP contribution in [0.3, 0.4) is 0 Å². The highest BCUT2D eigenvalue weighted by Gasteiger charge is 2.51. The normalized spacial score (nSPS) is 22.9. The van der Waals surface area contributed by atoms with Gasteiger partial charge in [0.2, 0.25) is 5.91 Å². The molecule has 212 valence electrons. The number of hydrogen-bond acceptors (Lipinski definition) is 5. The third-order valence-electron chi connectivity index (χ3n) is 7.27. The number of amides is 4. The molecule has 9 heteroatoms. The fourth-order valence-electron chi connectivity index (χ4n) is 4.82. The van der Waals surface area contributed by atoms with Crippen LogP contribution in [0.1, 0.15) is 76.2 Å². The van der Waals surface area contributed by atoms with Crippen molar-refractivity contribution in [2.75, 3.05) is 32.1 Å². The van der Waals surface area contributed by atoms with Gasteiger partial charge in [0.15, 0.2) is 0 Å². The molecular weight excluding hydrogens is 500 g/mol. The summed E-state index contributed by atoms with van der Waals surface area (Å²) in [7, 11) is 0. The minimum absolute atomic E-state index is 0.0666. The number of nitrogens with one attached hydrogen (secondary N) is 4. The number of ether oxygens (including phenoxy) is 1. The number of carbonyl (C=O) groups is 3. The Hall–Kier alpha value is -2.26. The molecule has 0 saturated carbocycles. The lowest BCUT2D eigenvalue weighted by molar-refractivity contribution is -0.121. The summed E-state index contributed by atoms with van der Waals surface area (Å²) in [5.74, 6) is 0.915. The summed E-state index contributed by atoms with van der Waals surface area (Å²) in [5, 5.41) is 12.6. The van der Waals surface area contributed by atoms with Gasteiger partial charge in [-0.15, -0.1) is 0 Å². The second kappa shape index (κ2) is 12.7. The summed E-state index contributed by atoms with van der Waals surface area (Å²) in [6.45, 7) is 14.5. The van der Waals surface area contributed by atoms with Crippen LogP contribution in [0.2, 0.25) is 0 Å². The van der Waals surface area contributed by atoms with Crippen LogP contribution in [-0.4, -0.2) is 66.7 Å². The van der Waals surface area contributed by atoms with Crippen LogP contribution in [0.4, 0.5) is 4.79 Å². The Bertz CT molecular complexity index is 981. The number of rotatable bonds is 14. The van der Waals surface area contributed by atoms with E-state index < -0.39 is 0 Å². The minimum atomic E-state index is -0.216. The van der Waals surface area contributed by atoms with E-state index in [9.17, 15) is 14.4 Å². The molecule has 2 aliphatic heterocycles. The molecule has 2 heterocycles. The van der Waals surface area contributed by atoms with Crippen molar-refractivity contribution in [2.24, 2.45) is 10.8 Å². The molecule has 3 atom stereocenters. The maximum absolute atomic E-state index is 12.4. The van der Waals surface area contributed by atoms with Gasteiger partial charge in [0.05, 0.1) is 24.8 Å². The van der Waals surface area contributed by atoms with Gasteiger partial charge in [0.25, 0.3) is 5.91 Å². The Kier molecular flexibility index (Phi) is 10.1. The van der Waals surface area contributed by atoms with Gasteiger partial charge in [-0.25, -0.2) is 4.79 Å². The number of urea groups is 1. The van der Waals surface area contributed by atoms with E-state index >= 15 is 0 Å². The van der Waals surface area contributed by atoms with Crippen LogP contribution in [0.5, 0.6) is 0 Å². The monoisotopic (exact) mass is 546 g/mol. The van der Waals surface area contributed by atoms with Gasteiger partial charge in [-0.1, -0.05) is 51.8 Å². The summed E-state index contributed by atoms with van der Waals surface area (Å²) in [4.78, 5) is 36.5. The molecule has 1 aromatic rings. The number of carbonyl (C=O) groups excluding carboxylic acids is 3. The van der Waals surface area contributed by atoms with Gasteiger partial charge in [-0.05, 0) is 38.8 Å². The molecule has 4 amide bonds. The zero-order valence-corrected chi connectivity index (χ0v) is 24.7. The van der Waals surface area contributed by atoms with Crippen molar-refractivity contribution in [1.29, 1.82) is 0 Å². The smallest absolute Gasteiger partial charge is 0.315 e. The predicted octanol–water partition coefficient (Wildman–Crippen LogP) is 4.03. The van der Waals surface area contributed by atoms with Gasteiger partial charge < -0.3 is 26.0 Å². The van der Waals surface area contributed by atoms with Gasteiger partial charge in [0.1, 0.15) is 0 Å². The van der Waals surface area contributed by atoms with Crippen molar-refractivity contribution in [1.82, 2.24) is 21.3 Å². The van der Waals surface area contributed by atoms with Gasteiger partial charge in [-0.2, -0.15) is 11.8 Å². The number of aryl methyl sites for hydroxylation is 1. The van der Waals surface area contributed by atoms with Crippen LogP contribution < -0.4 is 21.3 Å². The molecular formula is C29H46N4O4S. The molecule has 4 N–H and O–H groups in total. The zero-order chi connectivity index (χ0) is 28.0. The maximum atomic E-state index is 12.4. The van der Waals surface area contributed by atoms with E-state index in [1.807, 2.05) is 43.0 Å². The van der Waals surface area contributed by atoms with E-state index in [1.165, 1.54) is 0 Å². The van der Waals surface area contributed by atoms with Crippen LogP contribution in [0, 0.1) is 17.8 Å². The third kappa shape index (κ3) is 8.90. The van der Waals surface area contributed by atoms with Crippen molar-refractivity contribution in [3.8, 4) is 0 Å². The summed E-state index contributed by atoms with van der Waals surface area (Å²) in [6.07, 6.45) is 3.32. The van der Waals surface area contributed by atoms with E-state index in [0.29, 0.717) is 43.5 Å². The lowest BCUT2D eigenvalue weighted by Gasteiger charge is -2.29. The largest absolute Gasteiger partial charge is 0.380 e. The van der Waals surface area contributed by atoms with Crippen LogP contribution >= 0.6 is 11.8 Å². The first-order valence-corrected chi connectivity index (χ1v) is 14.7. The lowest BCUT2D eigenvalue weighted by atomic mass is 9.92. The molecule has 0 radical (unpaired) electrons. The molecule has 3 unspecified atom stereocenters. The standard InChI is InChI=1S/C29H46N4O4S/c1-20-11-13-21(14-12-20)25(35)31-16-28(4,5)18-37-17-27(2,3)15-30-23(34)10-8-7-9-22-24-29(6,19-38-22)33-26(36)32-24/h11-14,22,24H,7-10,15-19H2,1-6H3,(H,30,34)(H,31,35)(H2,32,33,36). The number of benzene rings is 1. The summed E-state index contributed by atoms with van der Waals surface area (Å²) < 4.78 is 6.01. The van der Waals surface area contributed by atoms with Gasteiger partial charge in [0, 0.05) is 46.9 Å². The first-order chi connectivity index (χ1) is 17.8. The van der Waals surface area contributed by atoms with Crippen LogP contribution in [-0.2, 0) is 9.53 Å². The highest BCUT2D eigenvalue weighted by atomic mass is 32.2. The SMILES string of the molecule is Cc1ccc(C(=O)NCC(C)(C)COCC(C)(C)CNC(=O)CCCCC2SCC3(C)NC(=O)NC23)cc1. The molecule has 3 rings (SSSR count). The molecule has 2 saturated heterocycles. The van der Waals surface area contributed by atoms with Crippen molar-refractivity contribution in [2.45, 2.75) is 84.1 Å². The molecule has 2 fully saturated rings. The second-order valence-corrected chi connectivity index (χ2v) is 14.0. The fourth-order valence-corrected chi connectivity index (χ4v) is 6.52. The fraction of sp³-hybridized carbons (Fsp3) is 0.690. The average Bonchev–Trinajstić information content (AvgIpc) is 3.30. The maximum Gasteiger partial charge on any atom is 0.315 e. The molecule has 0 spiro atoms. The number of hydrogen-bond donors (Lipinski definition) is 4. The molecule has 0 aromatic heterocycles. The number of fused-ring (bicyclic) bond motifs is 1. The van der Waals surface area contributed by atoms with Gasteiger partial charge >= 0.3 is 6.03 Å². The Morgan fingerprint density at radius 3 is 2.34 bits per heavy atom. The molecule has 0 aliphatic carbocycles. The summed E-state index contributed by atoms with van der Waals surface area (Å²) in [6, 6.07) is 7.64. The number of unbranched alkanes of at least 4 members (excludes halogenated alkanes) is 1. The van der Waals surface area contributed by atoms with Crippen LogP contribution in [0.15, 0.2) is 24.3 Å². The highest BCUT2D eigenvalue weighted by Crippen LogP contribution is 2.39. The van der Waals surface area contributed by atoms with Crippen molar-refractivity contribution >= 4 is 29.6 Å². The minimum Gasteiger partial charge on any atom is -0.380 e. The van der Waals surface area contributed by atoms with Crippen molar-refractivity contribution in [3.05, 3.63) is 35.4 Å². The molecule has 2 aliphatic rings. The first kappa shape index (κ1) is 30.3. The Morgan fingerprint density at radius 2 is 1.68 bits per heavy atom. The summed E-state index contributed by atoms with van der Waals surface area (Å²) in [5.41, 5.74) is 1.22. The van der Waals surface area contributed by atoms with E-state index in [4.69, 9.17) is 4.74 Å². The molecule has 8 nitrogen and oxygen atoms in total. The van der Waals surface area contributed by atoms with Crippen molar-refractivity contribution in [3.63, 3.8) is 0 Å². The average molecular weight is 547 g/mol. The highest BCUT2D eigenvalue weighted by molar-refractivity contribution is 8.00. The lowest BCUT2D eigenvalue weighted by Crippen LogP contribution is -2.47. The Labute approximate surface area is 232 Å². The second-order valence-electron chi connectivity index (χ2n) is 12.7. The molecule has 1 aromatic carbocycles. The third-order valence-corrected chi connectivity index (χ3v) is 8.98. The zero-order valence-electron chi connectivity index (χ0n) is 23.9. The Morgan fingerprint density at radius 1 is 1.05 bits per heavy atom.